The minimum Gasteiger partial charge on any atom is -0.356 e. The molecule has 94 valence electrons. The van der Waals surface area contributed by atoms with Gasteiger partial charge in [-0.25, -0.2) is 0 Å². The lowest BCUT2D eigenvalue weighted by molar-refractivity contribution is -0.121. The van der Waals surface area contributed by atoms with Gasteiger partial charge in [-0.15, -0.1) is 0 Å². The Hall–Kier alpha value is -0.900. The van der Waals surface area contributed by atoms with Crippen molar-refractivity contribution in [2.75, 3.05) is 20.1 Å². The van der Waals surface area contributed by atoms with E-state index in [1.165, 1.54) is 0 Å². The van der Waals surface area contributed by atoms with E-state index in [-0.39, 0.29) is 11.7 Å². The molecule has 0 atom stereocenters. The molecule has 4 heteroatoms. The van der Waals surface area contributed by atoms with E-state index in [0.29, 0.717) is 12.8 Å². The van der Waals surface area contributed by atoms with Crippen molar-refractivity contribution < 1.29 is 9.59 Å². The maximum Gasteiger partial charge on any atom is 0.219 e. The molecule has 0 rings (SSSR count). The molecule has 0 saturated heterocycles. The molecule has 0 aromatic carbocycles. The van der Waals surface area contributed by atoms with Crippen LogP contribution in [0, 0.1) is 0 Å². The van der Waals surface area contributed by atoms with Gasteiger partial charge in [0.25, 0.3) is 0 Å². The molecule has 0 aliphatic carbocycles. The van der Waals surface area contributed by atoms with E-state index in [2.05, 4.69) is 10.6 Å². The maximum absolute atomic E-state index is 11.3. The highest BCUT2D eigenvalue weighted by atomic mass is 16.1. The third-order valence-corrected chi connectivity index (χ3v) is 2.36. The van der Waals surface area contributed by atoms with E-state index in [1.807, 2.05) is 7.05 Å². The molecule has 1 amide bonds. The normalized spacial score (nSPS) is 10.1. The number of nitrogens with one attached hydrogen (secondary N) is 2. The molecule has 0 heterocycles. The molecular formula is C12H24N2O2. The van der Waals surface area contributed by atoms with Gasteiger partial charge in [0.2, 0.25) is 5.91 Å². The lowest BCUT2D eigenvalue weighted by atomic mass is 10.1. The lowest BCUT2D eigenvalue weighted by Crippen LogP contribution is -2.24. The predicted molar refractivity (Wildman–Crippen MR) is 65.3 cm³/mol. The van der Waals surface area contributed by atoms with E-state index in [0.717, 1.165) is 38.8 Å². The van der Waals surface area contributed by atoms with E-state index in [9.17, 15) is 9.59 Å². The average Bonchev–Trinajstić information content (AvgIpc) is 2.24. The summed E-state index contributed by atoms with van der Waals surface area (Å²) in [5.74, 6) is 0.306. The first-order valence-electron chi connectivity index (χ1n) is 6.07. The average molecular weight is 228 g/mol. The second-order valence-corrected chi connectivity index (χ2v) is 4.07. The zero-order valence-corrected chi connectivity index (χ0v) is 10.5. The molecule has 2 N–H and O–H groups in total. The zero-order chi connectivity index (χ0) is 12.2. The molecular weight excluding hydrogens is 204 g/mol. The number of carbonyl (C=O) groups excluding carboxylic acids is 2. The summed E-state index contributed by atoms with van der Waals surface area (Å²) in [6.07, 6.45) is 4.86. The molecule has 0 bridgehead atoms. The summed E-state index contributed by atoms with van der Waals surface area (Å²) in [6.45, 7) is 3.34. The van der Waals surface area contributed by atoms with E-state index < -0.39 is 0 Å². The fourth-order valence-electron chi connectivity index (χ4n) is 1.40. The fourth-order valence-corrected chi connectivity index (χ4v) is 1.40. The minimum absolute atomic E-state index is 0.105. The topological polar surface area (TPSA) is 58.2 Å². The van der Waals surface area contributed by atoms with Crippen LogP contribution in [0.15, 0.2) is 0 Å². The van der Waals surface area contributed by atoms with Gasteiger partial charge in [-0.2, -0.15) is 0 Å². The molecule has 0 saturated carbocycles. The zero-order valence-electron chi connectivity index (χ0n) is 10.5. The van der Waals surface area contributed by atoms with Gasteiger partial charge in [-0.3, -0.25) is 4.79 Å². The quantitative estimate of drug-likeness (QED) is 0.553. The molecule has 0 spiro atoms. The molecule has 0 aliphatic heterocycles. The number of ketones is 1. The Balaban J connectivity index is 3.21. The Morgan fingerprint density at radius 3 is 2.19 bits per heavy atom. The van der Waals surface area contributed by atoms with E-state index >= 15 is 0 Å². The molecule has 0 aliphatic rings. The van der Waals surface area contributed by atoms with Crippen molar-refractivity contribution in [3.8, 4) is 0 Å². The highest BCUT2D eigenvalue weighted by Crippen LogP contribution is 2.00. The van der Waals surface area contributed by atoms with Gasteiger partial charge in [0.05, 0.1) is 0 Å². The van der Waals surface area contributed by atoms with Crippen LogP contribution in [0.5, 0.6) is 0 Å². The number of amides is 1. The van der Waals surface area contributed by atoms with Gasteiger partial charge in [0, 0.05) is 19.4 Å². The third kappa shape index (κ3) is 11.2. The Morgan fingerprint density at radius 1 is 0.938 bits per heavy atom. The Labute approximate surface area is 98.2 Å². The van der Waals surface area contributed by atoms with Crippen LogP contribution in [0.25, 0.3) is 0 Å². The number of hydrogen-bond acceptors (Lipinski definition) is 3. The van der Waals surface area contributed by atoms with Crippen LogP contribution in [0.2, 0.25) is 0 Å². The summed E-state index contributed by atoms with van der Waals surface area (Å²) in [7, 11) is 1.92. The summed E-state index contributed by atoms with van der Waals surface area (Å²) in [4.78, 5) is 22.0. The first-order valence-corrected chi connectivity index (χ1v) is 6.07. The molecule has 0 aromatic heterocycles. The molecule has 0 aromatic rings. The van der Waals surface area contributed by atoms with E-state index in [4.69, 9.17) is 0 Å². The number of Topliss-reactive ketones (excluding diaryl/α,β-unsaturated/α-hetero) is 1. The van der Waals surface area contributed by atoms with Crippen molar-refractivity contribution in [1.29, 1.82) is 0 Å². The van der Waals surface area contributed by atoms with E-state index in [1.54, 1.807) is 6.92 Å². The summed E-state index contributed by atoms with van der Waals surface area (Å²) in [6, 6.07) is 0. The standard InChI is InChI=1S/C12H24N2O2/c1-11(15)7-3-4-8-12(16)14-10-6-5-9-13-2/h13H,3-10H2,1-2H3,(H,14,16). The number of carbonyl (C=O) groups is 2. The van der Waals surface area contributed by atoms with Crippen LogP contribution in [0.1, 0.15) is 45.4 Å². The Kier molecular flexibility index (Phi) is 10.0. The number of hydrogen-bond donors (Lipinski definition) is 2. The second kappa shape index (κ2) is 10.6. The van der Waals surface area contributed by atoms with Crippen molar-refractivity contribution in [1.82, 2.24) is 10.6 Å². The van der Waals surface area contributed by atoms with Gasteiger partial charge in [0.1, 0.15) is 5.78 Å². The SMILES string of the molecule is CNCCCCNC(=O)CCCCC(C)=O. The second-order valence-electron chi connectivity index (χ2n) is 4.07. The van der Waals surface area contributed by atoms with Crippen LogP contribution in [0.4, 0.5) is 0 Å². The summed E-state index contributed by atoms with van der Waals surface area (Å²) < 4.78 is 0. The van der Waals surface area contributed by atoms with Crippen LogP contribution in [-0.2, 0) is 9.59 Å². The van der Waals surface area contributed by atoms with Crippen LogP contribution < -0.4 is 10.6 Å². The smallest absolute Gasteiger partial charge is 0.219 e. The monoisotopic (exact) mass is 228 g/mol. The summed E-state index contributed by atoms with van der Waals surface area (Å²) in [5.41, 5.74) is 0. The van der Waals surface area contributed by atoms with Gasteiger partial charge in [-0.05, 0) is 46.2 Å². The van der Waals surface area contributed by atoms with Gasteiger partial charge < -0.3 is 15.4 Å². The summed E-state index contributed by atoms with van der Waals surface area (Å²) >= 11 is 0. The fraction of sp³-hybridized carbons (Fsp3) is 0.833. The molecule has 16 heavy (non-hydrogen) atoms. The first-order chi connectivity index (χ1) is 7.66. The largest absolute Gasteiger partial charge is 0.356 e. The lowest BCUT2D eigenvalue weighted by Gasteiger charge is -2.04. The predicted octanol–water partition coefficient (Wildman–Crippen LogP) is 1.25. The maximum atomic E-state index is 11.3. The van der Waals surface area contributed by atoms with Gasteiger partial charge in [-0.1, -0.05) is 0 Å². The number of rotatable bonds is 10. The van der Waals surface area contributed by atoms with Crippen LogP contribution in [0.3, 0.4) is 0 Å². The first kappa shape index (κ1) is 15.1. The molecule has 4 nitrogen and oxygen atoms in total. The van der Waals surface area contributed by atoms with Crippen LogP contribution >= 0.6 is 0 Å². The van der Waals surface area contributed by atoms with Crippen molar-refractivity contribution in [3.63, 3.8) is 0 Å². The highest BCUT2D eigenvalue weighted by Gasteiger charge is 2.00. The van der Waals surface area contributed by atoms with Crippen molar-refractivity contribution in [2.24, 2.45) is 0 Å². The minimum atomic E-state index is 0.105. The third-order valence-electron chi connectivity index (χ3n) is 2.36. The number of unbranched alkanes of at least 4 members (excludes halogenated alkanes) is 2. The Bertz CT molecular complexity index is 205. The molecule has 0 fully saturated rings. The van der Waals surface area contributed by atoms with Crippen molar-refractivity contribution in [2.45, 2.75) is 45.4 Å². The Morgan fingerprint density at radius 2 is 1.56 bits per heavy atom. The highest BCUT2D eigenvalue weighted by molar-refractivity contribution is 5.76. The van der Waals surface area contributed by atoms with Gasteiger partial charge in [0.15, 0.2) is 0 Å². The van der Waals surface area contributed by atoms with Crippen LogP contribution in [-0.4, -0.2) is 31.8 Å². The summed E-state index contributed by atoms with van der Waals surface area (Å²) in [5, 5.41) is 5.94. The molecule has 0 radical (unpaired) electrons. The molecule has 0 unspecified atom stereocenters. The van der Waals surface area contributed by atoms with Crippen molar-refractivity contribution in [3.05, 3.63) is 0 Å². The van der Waals surface area contributed by atoms with Crippen molar-refractivity contribution >= 4 is 11.7 Å². The van der Waals surface area contributed by atoms with Gasteiger partial charge >= 0.3 is 0 Å².